The molecule has 116 valence electrons. The van der Waals surface area contributed by atoms with Gasteiger partial charge in [0.25, 0.3) is 5.91 Å². The van der Waals surface area contributed by atoms with Crippen molar-refractivity contribution in [3.8, 4) is 5.75 Å². The van der Waals surface area contributed by atoms with E-state index in [0.717, 1.165) is 25.0 Å². The fraction of sp³-hybridized carbons (Fsp3) is 0.375. The highest BCUT2D eigenvalue weighted by atomic mass is 32.1. The first-order chi connectivity index (χ1) is 10.7. The number of ether oxygens (including phenoxy) is 2. The average molecular weight is 318 g/mol. The first-order valence-electron chi connectivity index (χ1n) is 7.28. The molecule has 0 bridgehead atoms. The summed E-state index contributed by atoms with van der Waals surface area (Å²) in [5.41, 5.74) is 1.30. The summed E-state index contributed by atoms with van der Waals surface area (Å²) in [5.74, 6) is 0.597. The van der Waals surface area contributed by atoms with Crippen LogP contribution in [0.25, 0.3) is 6.08 Å². The molecule has 6 heteroatoms. The van der Waals surface area contributed by atoms with Crippen LogP contribution in [0.5, 0.6) is 5.75 Å². The lowest BCUT2D eigenvalue weighted by molar-refractivity contribution is -0.123. The van der Waals surface area contributed by atoms with Crippen LogP contribution in [-0.2, 0) is 9.53 Å². The van der Waals surface area contributed by atoms with Crippen LogP contribution in [0.2, 0.25) is 0 Å². The summed E-state index contributed by atoms with van der Waals surface area (Å²) in [7, 11) is 1.61. The molecule has 0 spiro atoms. The minimum absolute atomic E-state index is 0.0781. The third-order valence-electron chi connectivity index (χ3n) is 3.81. The summed E-state index contributed by atoms with van der Waals surface area (Å²) in [6.07, 6.45) is 3.85. The Bertz CT molecular complexity index is 624. The predicted octanol–water partition coefficient (Wildman–Crippen LogP) is 1.93. The van der Waals surface area contributed by atoms with Gasteiger partial charge in [-0.05, 0) is 37.2 Å². The van der Waals surface area contributed by atoms with Crippen molar-refractivity contribution in [2.75, 3.05) is 20.3 Å². The summed E-state index contributed by atoms with van der Waals surface area (Å²) in [4.78, 5) is 14.1. The Morgan fingerprint density at radius 1 is 1.50 bits per heavy atom. The van der Waals surface area contributed by atoms with Gasteiger partial charge in [-0.2, -0.15) is 0 Å². The molecule has 1 unspecified atom stereocenters. The van der Waals surface area contributed by atoms with Crippen molar-refractivity contribution in [1.82, 2.24) is 10.2 Å². The van der Waals surface area contributed by atoms with Crippen LogP contribution >= 0.6 is 12.2 Å². The molecule has 0 aliphatic carbocycles. The topological polar surface area (TPSA) is 50.8 Å². The number of para-hydroxylation sites is 1. The summed E-state index contributed by atoms with van der Waals surface area (Å²) < 4.78 is 10.9. The first-order valence-corrected chi connectivity index (χ1v) is 7.69. The standard InChI is InChI=1S/C16H18N2O3S/c1-20-14-7-3-2-5-11(14)9-13-15(19)18(16(22)17-13)10-12-6-4-8-21-12/h2-3,5,7,9,12H,4,6,8,10H2,1H3,(H,17,22). The molecule has 2 saturated heterocycles. The first kappa shape index (κ1) is 15.0. The molecule has 22 heavy (non-hydrogen) atoms. The van der Waals surface area contributed by atoms with Crippen molar-refractivity contribution < 1.29 is 14.3 Å². The zero-order chi connectivity index (χ0) is 15.5. The summed E-state index contributed by atoms with van der Waals surface area (Å²) in [6, 6.07) is 7.54. The van der Waals surface area contributed by atoms with Crippen molar-refractivity contribution in [2.24, 2.45) is 0 Å². The number of hydrogen-bond donors (Lipinski definition) is 1. The molecular formula is C16H18N2O3S. The number of hydrogen-bond acceptors (Lipinski definition) is 4. The molecule has 1 aromatic carbocycles. The Morgan fingerprint density at radius 2 is 2.32 bits per heavy atom. The number of nitrogens with one attached hydrogen (secondary N) is 1. The third-order valence-corrected chi connectivity index (χ3v) is 4.13. The van der Waals surface area contributed by atoms with Gasteiger partial charge in [-0.1, -0.05) is 18.2 Å². The van der Waals surface area contributed by atoms with Gasteiger partial charge in [0.1, 0.15) is 11.4 Å². The highest BCUT2D eigenvalue weighted by Crippen LogP contribution is 2.23. The van der Waals surface area contributed by atoms with Gasteiger partial charge < -0.3 is 14.8 Å². The fourth-order valence-electron chi connectivity index (χ4n) is 2.67. The van der Waals surface area contributed by atoms with E-state index in [2.05, 4.69) is 5.32 Å². The minimum Gasteiger partial charge on any atom is -0.496 e. The van der Waals surface area contributed by atoms with Gasteiger partial charge >= 0.3 is 0 Å². The second-order valence-electron chi connectivity index (χ2n) is 5.28. The van der Waals surface area contributed by atoms with E-state index in [1.807, 2.05) is 24.3 Å². The van der Waals surface area contributed by atoms with Crippen molar-refractivity contribution in [1.29, 1.82) is 0 Å². The Kier molecular flexibility index (Phi) is 4.40. The smallest absolute Gasteiger partial charge is 0.276 e. The third kappa shape index (κ3) is 2.98. The minimum atomic E-state index is -0.119. The van der Waals surface area contributed by atoms with Crippen LogP contribution in [0.1, 0.15) is 18.4 Å². The van der Waals surface area contributed by atoms with Crippen LogP contribution in [0.4, 0.5) is 0 Å². The van der Waals surface area contributed by atoms with E-state index >= 15 is 0 Å². The van der Waals surface area contributed by atoms with E-state index in [0.29, 0.717) is 23.1 Å². The molecule has 3 rings (SSSR count). The van der Waals surface area contributed by atoms with E-state index in [1.165, 1.54) is 0 Å². The second kappa shape index (κ2) is 6.46. The Hall–Kier alpha value is -1.92. The van der Waals surface area contributed by atoms with Gasteiger partial charge in [0, 0.05) is 12.2 Å². The highest BCUT2D eigenvalue weighted by molar-refractivity contribution is 7.80. The van der Waals surface area contributed by atoms with Gasteiger partial charge in [0.2, 0.25) is 0 Å². The monoisotopic (exact) mass is 318 g/mol. The summed E-state index contributed by atoms with van der Waals surface area (Å²) in [6.45, 7) is 1.27. The van der Waals surface area contributed by atoms with Crippen LogP contribution in [-0.4, -0.2) is 42.3 Å². The van der Waals surface area contributed by atoms with Gasteiger partial charge in [-0.15, -0.1) is 0 Å². The quantitative estimate of drug-likeness (QED) is 0.679. The van der Waals surface area contributed by atoms with Crippen molar-refractivity contribution in [2.45, 2.75) is 18.9 Å². The van der Waals surface area contributed by atoms with Gasteiger partial charge in [-0.3, -0.25) is 9.69 Å². The van der Waals surface area contributed by atoms with E-state index in [1.54, 1.807) is 18.1 Å². The molecule has 2 heterocycles. The Balaban J connectivity index is 1.79. The number of nitrogens with zero attached hydrogens (tertiary/aromatic N) is 1. The lowest BCUT2D eigenvalue weighted by Crippen LogP contribution is -2.37. The van der Waals surface area contributed by atoms with Crippen molar-refractivity contribution >= 4 is 29.3 Å². The molecule has 1 aromatic rings. The van der Waals surface area contributed by atoms with Crippen LogP contribution in [0.3, 0.4) is 0 Å². The number of amides is 1. The second-order valence-corrected chi connectivity index (χ2v) is 5.67. The van der Waals surface area contributed by atoms with Crippen LogP contribution in [0.15, 0.2) is 30.0 Å². The lowest BCUT2D eigenvalue weighted by atomic mass is 10.1. The molecule has 1 N–H and O–H groups in total. The number of benzene rings is 1. The largest absolute Gasteiger partial charge is 0.496 e. The number of methoxy groups -OCH3 is 1. The van der Waals surface area contributed by atoms with Crippen molar-refractivity contribution in [3.05, 3.63) is 35.5 Å². The molecule has 5 nitrogen and oxygen atoms in total. The Morgan fingerprint density at radius 3 is 3.05 bits per heavy atom. The lowest BCUT2D eigenvalue weighted by Gasteiger charge is -2.18. The molecule has 2 fully saturated rings. The number of thiocarbonyl (C=S) groups is 1. The molecule has 0 saturated carbocycles. The molecular weight excluding hydrogens is 300 g/mol. The Labute approximate surface area is 134 Å². The molecule has 1 amide bonds. The van der Waals surface area contributed by atoms with Crippen LogP contribution in [0, 0.1) is 0 Å². The molecule has 2 aliphatic rings. The molecule has 1 atom stereocenters. The summed E-state index contributed by atoms with van der Waals surface area (Å²) >= 11 is 5.27. The predicted molar refractivity (Wildman–Crippen MR) is 87.4 cm³/mol. The van der Waals surface area contributed by atoms with Crippen molar-refractivity contribution in [3.63, 3.8) is 0 Å². The van der Waals surface area contributed by atoms with Gasteiger partial charge in [0.15, 0.2) is 5.11 Å². The maximum atomic E-state index is 12.5. The zero-order valence-electron chi connectivity index (χ0n) is 12.4. The van der Waals surface area contributed by atoms with E-state index in [9.17, 15) is 4.79 Å². The maximum Gasteiger partial charge on any atom is 0.276 e. The molecule has 2 aliphatic heterocycles. The number of carbonyl (C=O) groups excluding carboxylic acids is 1. The van der Waals surface area contributed by atoms with Crippen LogP contribution < -0.4 is 10.1 Å². The average Bonchev–Trinajstić information content (AvgIpc) is 3.12. The molecule has 0 aromatic heterocycles. The fourth-order valence-corrected chi connectivity index (χ4v) is 2.94. The number of carbonyl (C=O) groups is 1. The maximum absolute atomic E-state index is 12.5. The zero-order valence-corrected chi connectivity index (χ0v) is 13.2. The normalized spacial score (nSPS) is 23.2. The summed E-state index contributed by atoms with van der Waals surface area (Å²) in [5, 5.41) is 3.42. The molecule has 0 radical (unpaired) electrons. The number of rotatable bonds is 4. The van der Waals surface area contributed by atoms with Gasteiger partial charge in [0.05, 0.1) is 19.8 Å². The van der Waals surface area contributed by atoms with E-state index in [4.69, 9.17) is 21.7 Å². The SMILES string of the molecule is COc1ccccc1C=C1NC(=S)N(CC2CCCO2)C1=O. The van der Waals surface area contributed by atoms with E-state index < -0.39 is 0 Å². The van der Waals surface area contributed by atoms with E-state index in [-0.39, 0.29) is 12.0 Å². The highest BCUT2D eigenvalue weighted by Gasteiger charge is 2.33. The van der Waals surface area contributed by atoms with Gasteiger partial charge in [-0.25, -0.2) is 0 Å².